The maximum atomic E-state index is 13.2. The average molecular weight is 383 g/mol. The largest absolute Gasteiger partial charge is 0.322 e. The van der Waals surface area contributed by atoms with E-state index >= 15 is 0 Å². The quantitative estimate of drug-likeness (QED) is 0.551. The van der Waals surface area contributed by atoms with Crippen LogP contribution in [0.15, 0.2) is 91.0 Å². The van der Waals surface area contributed by atoms with Crippen LogP contribution in [0.5, 0.6) is 0 Å². The average Bonchev–Trinajstić information content (AvgIpc) is 2.78. The van der Waals surface area contributed by atoms with E-state index in [0.29, 0.717) is 6.54 Å². The van der Waals surface area contributed by atoms with E-state index in [-0.39, 0.29) is 12.1 Å². The molecule has 0 heterocycles. The van der Waals surface area contributed by atoms with Gasteiger partial charge in [0.2, 0.25) is 0 Å². The number of nitrogens with one attached hydrogen (secondary N) is 1. The topological polar surface area (TPSA) is 32.3 Å². The predicted octanol–water partition coefficient (Wildman–Crippen LogP) is 6.31. The molecule has 0 bridgehead atoms. The first-order chi connectivity index (χ1) is 14.3. The molecule has 1 aliphatic carbocycles. The maximum absolute atomic E-state index is 13.2. The summed E-state index contributed by atoms with van der Waals surface area (Å²) in [5.74, 6) is 0. The van der Waals surface area contributed by atoms with Gasteiger partial charge < -0.3 is 10.2 Å². The van der Waals surface area contributed by atoms with E-state index in [0.717, 1.165) is 30.5 Å². The van der Waals surface area contributed by atoms with Crippen LogP contribution in [0.2, 0.25) is 0 Å². The molecule has 3 aromatic carbocycles. The van der Waals surface area contributed by atoms with E-state index in [1.807, 2.05) is 53.4 Å². The molecule has 3 heteroatoms. The minimum atomic E-state index is -0.0596. The van der Waals surface area contributed by atoms with Crippen LogP contribution in [0.3, 0.4) is 0 Å². The standard InChI is InChI=1S/C26H26N2O/c29-26(27-23-16-5-2-6-17-23)28(20-10-13-21-11-3-1-4-12-21)25-19-9-15-22-14-7-8-18-24(22)25/h1-8,10-14,16-18,25H,9,15,19-20H2,(H,27,29). The number of aryl methyl sites for hydroxylation is 1. The molecule has 146 valence electrons. The van der Waals surface area contributed by atoms with Gasteiger partial charge in [0.15, 0.2) is 0 Å². The normalized spacial score (nSPS) is 15.7. The monoisotopic (exact) mass is 382 g/mol. The summed E-state index contributed by atoms with van der Waals surface area (Å²) in [6, 6.07) is 28.4. The van der Waals surface area contributed by atoms with E-state index in [4.69, 9.17) is 0 Å². The van der Waals surface area contributed by atoms with Crippen molar-refractivity contribution >= 4 is 17.8 Å². The molecule has 2 amide bonds. The van der Waals surface area contributed by atoms with Gasteiger partial charge in [-0.3, -0.25) is 0 Å². The number of hydrogen-bond donors (Lipinski definition) is 1. The van der Waals surface area contributed by atoms with Crippen molar-refractivity contribution in [3.05, 3.63) is 108 Å². The molecule has 1 atom stereocenters. The van der Waals surface area contributed by atoms with Gasteiger partial charge in [0.25, 0.3) is 0 Å². The molecule has 0 aliphatic heterocycles. The molecule has 1 aliphatic rings. The molecular weight excluding hydrogens is 356 g/mol. The summed E-state index contributed by atoms with van der Waals surface area (Å²) in [6.45, 7) is 0.562. The third-order valence-corrected chi connectivity index (χ3v) is 5.41. The Morgan fingerprint density at radius 2 is 1.62 bits per heavy atom. The van der Waals surface area contributed by atoms with Gasteiger partial charge in [-0.05, 0) is 48.1 Å². The predicted molar refractivity (Wildman–Crippen MR) is 120 cm³/mol. The van der Waals surface area contributed by atoms with E-state index in [2.05, 4.69) is 53.9 Å². The summed E-state index contributed by atoms with van der Waals surface area (Å²) in [7, 11) is 0. The molecule has 0 saturated carbocycles. The zero-order valence-electron chi connectivity index (χ0n) is 16.5. The third kappa shape index (κ3) is 4.75. The smallest absolute Gasteiger partial charge is 0.314 e. The van der Waals surface area contributed by atoms with Crippen molar-refractivity contribution in [1.29, 1.82) is 0 Å². The lowest BCUT2D eigenvalue weighted by molar-refractivity contribution is 0.188. The van der Waals surface area contributed by atoms with Crippen LogP contribution in [-0.2, 0) is 6.42 Å². The molecule has 1 unspecified atom stereocenters. The highest BCUT2D eigenvalue weighted by molar-refractivity contribution is 5.89. The zero-order valence-corrected chi connectivity index (χ0v) is 16.5. The molecule has 4 rings (SSSR count). The van der Waals surface area contributed by atoms with Crippen LogP contribution >= 0.6 is 0 Å². The highest BCUT2D eigenvalue weighted by Crippen LogP contribution is 2.34. The van der Waals surface area contributed by atoms with Crippen molar-refractivity contribution in [3.63, 3.8) is 0 Å². The fourth-order valence-corrected chi connectivity index (χ4v) is 3.99. The number of fused-ring (bicyclic) bond motifs is 1. The summed E-state index contributed by atoms with van der Waals surface area (Å²) < 4.78 is 0. The number of anilines is 1. The van der Waals surface area contributed by atoms with Gasteiger partial charge in [-0.2, -0.15) is 0 Å². The second kappa shape index (κ2) is 9.24. The Morgan fingerprint density at radius 3 is 2.41 bits per heavy atom. The van der Waals surface area contributed by atoms with Gasteiger partial charge in [-0.1, -0.05) is 84.9 Å². The molecule has 0 saturated heterocycles. The number of urea groups is 1. The SMILES string of the molecule is O=C(Nc1ccccc1)N(CC=Cc1ccccc1)C1CCCc2ccccc21. The van der Waals surface area contributed by atoms with Crippen molar-refractivity contribution in [2.24, 2.45) is 0 Å². The van der Waals surface area contributed by atoms with Gasteiger partial charge >= 0.3 is 6.03 Å². The number of para-hydroxylation sites is 1. The van der Waals surface area contributed by atoms with Crippen molar-refractivity contribution in [2.45, 2.75) is 25.3 Å². The van der Waals surface area contributed by atoms with E-state index in [1.165, 1.54) is 11.1 Å². The van der Waals surface area contributed by atoms with Crippen LogP contribution in [0.1, 0.15) is 35.6 Å². The first kappa shape index (κ1) is 19.0. The summed E-state index contributed by atoms with van der Waals surface area (Å²) in [5, 5.41) is 3.07. The van der Waals surface area contributed by atoms with Gasteiger partial charge in [-0.15, -0.1) is 0 Å². The number of amides is 2. The van der Waals surface area contributed by atoms with Crippen molar-refractivity contribution in [1.82, 2.24) is 4.90 Å². The molecule has 0 spiro atoms. The van der Waals surface area contributed by atoms with Crippen molar-refractivity contribution in [2.75, 3.05) is 11.9 Å². The number of nitrogens with zero attached hydrogens (tertiary/aromatic N) is 1. The van der Waals surface area contributed by atoms with E-state index < -0.39 is 0 Å². The first-order valence-corrected chi connectivity index (χ1v) is 10.2. The highest BCUT2D eigenvalue weighted by Gasteiger charge is 2.28. The second-order valence-corrected chi connectivity index (χ2v) is 7.37. The summed E-state index contributed by atoms with van der Waals surface area (Å²) >= 11 is 0. The summed E-state index contributed by atoms with van der Waals surface area (Å²) in [6.07, 6.45) is 7.33. The van der Waals surface area contributed by atoms with Crippen LogP contribution in [0, 0.1) is 0 Å². The highest BCUT2D eigenvalue weighted by atomic mass is 16.2. The van der Waals surface area contributed by atoms with Gasteiger partial charge in [0, 0.05) is 12.2 Å². The molecule has 0 radical (unpaired) electrons. The van der Waals surface area contributed by atoms with Crippen LogP contribution < -0.4 is 5.32 Å². The molecule has 3 nitrogen and oxygen atoms in total. The molecular formula is C26H26N2O. The first-order valence-electron chi connectivity index (χ1n) is 10.2. The lowest BCUT2D eigenvalue weighted by atomic mass is 9.87. The molecule has 29 heavy (non-hydrogen) atoms. The second-order valence-electron chi connectivity index (χ2n) is 7.37. The van der Waals surface area contributed by atoms with Crippen molar-refractivity contribution < 1.29 is 4.79 Å². The Kier molecular flexibility index (Phi) is 6.06. The Hall–Kier alpha value is -3.33. The summed E-state index contributed by atoms with van der Waals surface area (Å²) in [4.78, 5) is 15.2. The van der Waals surface area contributed by atoms with Crippen LogP contribution in [0.4, 0.5) is 10.5 Å². The number of hydrogen-bond acceptors (Lipinski definition) is 1. The van der Waals surface area contributed by atoms with Gasteiger partial charge in [0.05, 0.1) is 6.04 Å². The molecule has 1 N–H and O–H groups in total. The fraction of sp³-hybridized carbons (Fsp3) is 0.192. The minimum Gasteiger partial charge on any atom is -0.314 e. The number of benzene rings is 3. The Labute approximate surface area is 172 Å². The van der Waals surface area contributed by atoms with Gasteiger partial charge in [-0.25, -0.2) is 4.79 Å². The Balaban J connectivity index is 1.58. The van der Waals surface area contributed by atoms with Crippen molar-refractivity contribution in [3.8, 4) is 0 Å². The molecule has 0 aromatic heterocycles. The Bertz CT molecular complexity index is 966. The van der Waals surface area contributed by atoms with E-state index in [9.17, 15) is 4.79 Å². The third-order valence-electron chi connectivity index (χ3n) is 5.41. The van der Waals surface area contributed by atoms with Crippen LogP contribution in [-0.4, -0.2) is 17.5 Å². The lowest BCUT2D eigenvalue weighted by Gasteiger charge is -2.35. The molecule has 3 aromatic rings. The maximum Gasteiger partial charge on any atom is 0.322 e. The minimum absolute atomic E-state index is 0.0596. The lowest BCUT2D eigenvalue weighted by Crippen LogP contribution is -2.39. The number of carbonyl (C=O) groups is 1. The number of carbonyl (C=O) groups excluding carboxylic acids is 1. The van der Waals surface area contributed by atoms with E-state index in [1.54, 1.807) is 0 Å². The summed E-state index contributed by atoms with van der Waals surface area (Å²) in [5.41, 5.74) is 4.59. The Morgan fingerprint density at radius 1 is 0.931 bits per heavy atom. The van der Waals surface area contributed by atoms with Crippen LogP contribution in [0.25, 0.3) is 6.08 Å². The fourth-order valence-electron chi connectivity index (χ4n) is 3.99. The zero-order chi connectivity index (χ0) is 19.9. The molecule has 0 fully saturated rings. The number of rotatable bonds is 5. The van der Waals surface area contributed by atoms with Gasteiger partial charge in [0.1, 0.15) is 0 Å².